The van der Waals surface area contributed by atoms with Crippen LogP contribution in [0.25, 0.3) is 11.3 Å². The van der Waals surface area contributed by atoms with Gasteiger partial charge in [-0.3, -0.25) is 9.48 Å². The van der Waals surface area contributed by atoms with Crippen molar-refractivity contribution in [3.05, 3.63) is 64.0 Å². The molecule has 0 aliphatic rings. The van der Waals surface area contributed by atoms with Gasteiger partial charge in [0.05, 0.1) is 10.6 Å². The second-order valence-electron chi connectivity index (χ2n) is 6.02. The standard InChI is InChI=1S/C19H22N4OS/c1-13-16(17-8-9-21-23(17)2)11-18(25-13)19(24)22-15(12-20)10-14-6-4-3-5-7-14/h3-9,11,15H,10,12,20H2,1-2H3,(H,22,24). The highest BCUT2D eigenvalue weighted by Crippen LogP contribution is 2.30. The first-order chi connectivity index (χ1) is 12.1. The second-order valence-corrected chi connectivity index (χ2v) is 7.27. The van der Waals surface area contributed by atoms with E-state index in [-0.39, 0.29) is 11.9 Å². The maximum Gasteiger partial charge on any atom is 0.261 e. The maximum atomic E-state index is 12.6. The lowest BCUT2D eigenvalue weighted by molar-refractivity contribution is 0.0942. The lowest BCUT2D eigenvalue weighted by atomic mass is 10.1. The summed E-state index contributed by atoms with van der Waals surface area (Å²) >= 11 is 1.49. The third kappa shape index (κ3) is 3.97. The van der Waals surface area contributed by atoms with E-state index >= 15 is 0 Å². The molecule has 5 nitrogen and oxygen atoms in total. The largest absolute Gasteiger partial charge is 0.347 e. The van der Waals surface area contributed by atoms with Crippen LogP contribution in [0, 0.1) is 6.92 Å². The van der Waals surface area contributed by atoms with E-state index in [1.165, 1.54) is 11.3 Å². The van der Waals surface area contributed by atoms with Crippen molar-refractivity contribution in [2.24, 2.45) is 12.8 Å². The molecule has 0 saturated heterocycles. The summed E-state index contributed by atoms with van der Waals surface area (Å²) in [5, 5.41) is 7.26. The van der Waals surface area contributed by atoms with E-state index in [0.717, 1.165) is 28.1 Å². The van der Waals surface area contributed by atoms with Crippen LogP contribution in [-0.4, -0.2) is 28.3 Å². The van der Waals surface area contributed by atoms with Crippen molar-refractivity contribution in [1.29, 1.82) is 0 Å². The van der Waals surface area contributed by atoms with E-state index in [0.29, 0.717) is 11.4 Å². The average Bonchev–Trinajstić information content (AvgIpc) is 3.20. The molecule has 0 radical (unpaired) electrons. The van der Waals surface area contributed by atoms with Crippen molar-refractivity contribution < 1.29 is 4.79 Å². The van der Waals surface area contributed by atoms with E-state index in [2.05, 4.69) is 10.4 Å². The van der Waals surface area contributed by atoms with Gasteiger partial charge in [0.15, 0.2) is 0 Å². The molecule has 3 rings (SSSR count). The number of thiophene rings is 1. The van der Waals surface area contributed by atoms with Gasteiger partial charge in [-0.2, -0.15) is 5.10 Å². The highest BCUT2D eigenvalue weighted by molar-refractivity contribution is 7.14. The molecule has 0 fully saturated rings. The first-order valence-corrected chi connectivity index (χ1v) is 9.03. The predicted octanol–water partition coefficient (Wildman–Crippen LogP) is 2.76. The minimum absolute atomic E-state index is 0.0760. The first-order valence-electron chi connectivity index (χ1n) is 8.22. The topological polar surface area (TPSA) is 72.9 Å². The smallest absolute Gasteiger partial charge is 0.261 e. The molecule has 3 aromatic rings. The van der Waals surface area contributed by atoms with Crippen molar-refractivity contribution in [1.82, 2.24) is 15.1 Å². The second kappa shape index (κ2) is 7.63. The fourth-order valence-electron chi connectivity index (χ4n) is 2.83. The van der Waals surface area contributed by atoms with Gasteiger partial charge >= 0.3 is 0 Å². The summed E-state index contributed by atoms with van der Waals surface area (Å²) in [6, 6.07) is 13.9. The number of hydrogen-bond acceptors (Lipinski definition) is 4. The molecule has 130 valence electrons. The zero-order chi connectivity index (χ0) is 17.8. The number of amides is 1. The van der Waals surface area contributed by atoms with Gasteiger partial charge in [-0.05, 0) is 31.0 Å². The Bertz CT molecular complexity index is 853. The molecule has 1 unspecified atom stereocenters. The zero-order valence-corrected chi connectivity index (χ0v) is 15.2. The molecule has 0 bridgehead atoms. The molecular formula is C19H22N4OS. The van der Waals surface area contributed by atoms with Crippen molar-refractivity contribution in [3.63, 3.8) is 0 Å². The van der Waals surface area contributed by atoms with E-state index in [9.17, 15) is 4.79 Å². The van der Waals surface area contributed by atoms with Crippen LogP contribution in [0.4, 0.5) is 0 Å². The molecule has 0 spiro atoms. The number of nitrogens with one attached hydrogen (secondary N) is 1. The summed E-state index contributed by atoms with van der Waals surface area (Å²) in [5.74, 6) is -0.0760. The lowest BCUT2D eigenvalue weighted by Gasteiger charge is -2.16. The molecule has 0 saturated carbocycles. The third-order valence-corrected chi connectivity index (χ3v) is 5.23. The van der Waals surface area contributed by atoms with Crippen LogP contribution in [0.5, 0.6) is 0 Å². The van der Waals surface area contributed by atoms with Crippen molar-refractivity contribution in [2.75, 3.05) is 6.54 Å². The summed E-state index contributed by atoms with van der Waals surface area (Å²) in [7, 11) is 1.90. The SMILES string of the molecule is Cc1sc(C(=O)NC(CN)Cc2ccccc2)cc1-c1ccnn1C. The molecule has 0 aliphatic heterocycles. The number of rotatable bonds is 6. The van der Waals surface area contributed by atoms with Gasteiger partial charge in [0.1, 0.15) is 0 Å². The molecule has 2 aromatic heterocycles. The van der Waals surface area contributed by atoms with Gasteiger partial charge in [0, 0.05) is 36.3 Å². The van der Waals surface area contributed by atoms with Gasteiger partial charge in [0.25, 0.3) is 5.91 Å². The Labute approximate surface area is 151 Å². The van der Waals surface area contributed by atoms with Crippen LogP contribution < -0.4 is 11.1 Å². The molecule has 1 atom stereocenters. The summed E-state index contributed by atoms with van der Waals surface area (Å²) in [4.78, 5) is 14.4. The highest BCUT2D eigenvalue weighted by atomic mass is 32.1. The van der Waals surface area contributed by atoms with Crippen LogP contribution in [0.2, 0.25) is 0 Å². The van der Waals surface area contributed by atoms with Gasteiger partial charge in [-0.15, -0.1) is 11.3 Å². The normalized spacial score (nSPS) is 12.1. The average molecular weight is 354 g/mol. The predicted molar refractivity (Wildman–Crippen MR) is 102 cm³/mol. The molecule has 1 amide bonds. The van der Waals surface area contributed by atoms with Crippen molar-refractivity contribution in [3.8, 4) is 11.3 Å². The molecule has 1 aromatic carbocycles. The van der Waals surface area contributed by atoms with E-state index in [1.54, 1.807) is 6.20 Å². The number of aryl methyl sites for hydroxylation is 2. The molecular weight excluding hydrogens is 332 g/mol. The van der Waals surface area contributed by atoms with Crippen molar-refractivity contribution >= 4 is 17.2 Å². The molecule has 2 heterocycles. The summed E-state index contributed by atoms with van der Waals surface area (Å²) in [5.41, 5.74) is 9.07. The number of carbonyl (C=O) groups excluding carboxylic acids is 1. The summed E-state index contributed by atoms with van der Waals surface area (Å²) in [6.07, 6.45) is 2.48. The third-order valence-electron chi connectivity index (χ3n) is 4.18. The lowest BCUT2D eigenvalue weighted by Crippen LogP contribution is -2.41. The Morgan fingerprint density at radius 1 is 1.32 bits per heavy atom. The van der Waals surface area contributed by atoms with Gasteiger partial charge in [-0.25, -0.2) is 0 Å². The molecule has 3 N–H and O–H groups in total. The van der Waals surface area contributed by atoms with Crippen molar-refractivity contribution in [2.45, 2.75) is 19.4 Å². The Morgan fingerprint density at radius 2 is 2.08 bits per heavy atom. The number of hydrogen-bond donors (Lipinski definition) is 2. The molecule has 6 heteroatoms. The van der Waals surface area contributed by atoms with E-state index < -0.39 is 0 Å². The Morgan fingerprint density at radius 3 is 2.72 bits per heavy atom. The molecule has 0 aliphatic carbocycles. The highest BCUT2D eigenvalue weighted by Gasteiger charge is 2.18. The number of benzene rings is 1. The van der Waals surface area contributed by atoms with E-state index in [1.807, 2.05) is 61.1 Å². The fraction of sp³-hybridized carbons (Fsp3) is 0.263. The number of nitrogens with two attached hydrogens (primary N) is 1. The van der Waals surface area contributed by atoms with E-state index in [4.69, 9.17) is 5.73 Å². The number of nitrogens with zero attached hydrogens (tertiary/aromatic N) is 2. The summed E-state index contributed by atoms with van der Waals surface area (Å²) < 4.78 is 1.81. The van der Waals surface area contributed by atoms with Crippen LogP contribution >= 0.6 is 11.3 Å². The quantitative estimate of drug-likeness (QED) is 0.715. The zero-order valence-electron chi connectivity index (χ0n) is 14.4. The Hall–Kier alpha value is -2.44. The fourth-order valence-corrected chi connectivity index (χ4v) is 3.77. The monoisotopic (exact) mass is 354 g/mol. The van der Waals surface area contributed by atoms with Gasteiger partial charge < -0.3 is 11.1 Å². The van der Waals surface area contributed by atoms with Gasteiger partial charge in [0.2, 0.25) is 0 Å². The minimum atomic E-state index is -0.0857. The molecule has 25 heavy (non-hydrogen) atoms. The van der Waals surface area contributed by atoms with Crippen LogP contribution in [0.15, 0.2) is 48.7 Å². The minimum Gasteiger partial charge on any atom is -0.347 e. The van der Waals surface area contributed by atoms with Crippen LogP contribution in [0.3, 0.4) is 0 Å². The van der Waals surface area contributed by atoms with Gasteiger partial charge in [-0.1, -0.05) is 30.3 Å². The number of aromatic nitrogens is 2. The Balaban J connectivity index is 1.73. The van der Waals surface area contributed by atoms with Crippen LogP contribution in [0.1, 0.15) is 20.1 Å². The first kappa shape index (κ1) is 17.4. The van der Waals surface area contributed by atoms with Crippen LogP contribution in [-0.2, 0) is 13.5 Å². The summed E-state index contributed by atoms with van der Waals surface area (Å²) in [6.45, 7) is 2.42. The number of carbonyl (C=O) groups is 1. The Kier molecular flexibility index (Phi) is 5.31. The maximum absolute atomic E-state index is 12.6.